The van der Waals surface area contributed by atoms with Crippen molar-refractivity contribution in [3.63, 3.8) is 0 Å². The molecule has 3 nitrogen and oxygen atoms in total. The van der Waals surface area contributed by atoms with Gasteiger partial charge in [-0.3, -0.25) is 4.90 Å². The SMILES string of the molecule is CC(O)CCNC1CCN(Cc2ccc(Cl)cc2)CC1. The molecule has 1 aromatic rings. The van der Waals surface area contributed by atoms with Crippen LogP contribution in [0.4, 0.5) is 0 Å². The average Bonchev–Trinajstić information content (AvgIpc) is 2.43. The first kappa shape index (κ1) is 15.8. The van der Waals surface area contributed by atoms with Gasteiger partial charge in [-0.15, -0.1) is 0 Å². The van der Waals surface area contributed by atoms with Gasteiger partial charge in [-0.25, -0.2) is 0 Å². The predicted molar refractivity (Wildman–Crippen MR) is 84.1 cm³/mol. The molecular weight excluding hydrogens is 272 g/mol. The fourth-order valence-corrected chi connectivity index (χ4v) is 2.77. The minimum atomic E-state index is -0.201. The largest absolute Gasteiger partial charge is 0.393 e. The van der Waals surface area contributed by atoms with Crippen molar-refractivity contribution in [3.8, 4) is 0 Å². The van der Waals surface area contributed by atoms with Crippen LogP contribution in [0.15, 0.2) is 24.3 Å². The summed E-state index contributed by atoms with van der Waals surface area (Å²) in [6, 6.07) is 8.74. The highest BCUT2D eigenvalue weighted by atomic mass is 35.5. The molecule has 112 valence electrons. The first-order valence-electron chi connectivity index (χ1n) is 7.52. The molecule has 2 rings (SSSR count). The van der Waals surface area contributed by atoms with Gasteiger partial charge >= 0.3 is 0 Å². The first-order chi connectivity index (χ1) is 9.63. The summed E-state index contributed by atoms with van der Waals surface area (Å²) in [7, 11) is 0. The number of nitrogens with one attached hydrogen (secondary N) is 1. The number of aliphatic hydroxyl groups excluding tert-OH is 1. The van der Waals surface area contributed by atoms with Crippen LogP contribution in [-0.4, -0.2) is 41.8 Å². The van der Waals surface area contributed by atoms with Gasteiger partial charge in [-0.1, -0.05) is 23.7 Å². The van der Waals surface area contributed by atoms with Gasteiger partial charge in [-0.05, 0) is 63.5 Å². The second-order valence-corrected chi connectivity index (χ2v) is 6.21. The lowest BCUT2D eigenvalue weighted by molar-refractivity contribution is 0.169. The Morgan fingerprint density at radius 1 is 1.30 bits per heavy atom. The maximum atomic E-state index is 9.25. The lowest BCUT2D eigenvalue weighted by Crippen LogP contribution is -2.42. The smallest absolute Gasteiger partial charge is 0.0524 e. The molecule has 1 aliphatic heterocycles. The van der Waals surface area contributed by atoms with E-state index in [2.05, 4.69) is 22.3 Å². The molecule has 4 heteroatoms. The lowest BCUT2D eigenvalue weighted by Gasteiger charge is -2.32. The van der Waals surface area contributed by atoms with Crippen molar-refractivity contribution in [1.82, 2.24) is 10.2 Å². The Morgan fingerprint density at radius 2 is 1.95 bits per heavy atom. The summed E-state index contributed by atoms with van der Waals surface area (Å²) in [4.78, 5) is 2.50. The van der Waals surface area contributed by atoms with Crippen molar-refractivity contribution in [2.45, 2.75) is 44.9 Å². The monoisotopic (exact) mass is 296 g/mol. The van der Waals surface area contributed by atoms with Gasteiger partial charge in [0.1, 0.15) is 0 Å². The van der Waals surface area contributed by atoms with Crippen LogP contribution in [0.25, 0.3) is 0 Å². The highest BCUT2D eigenvalue weighted by Crippen LogP contribution is 2.15. The van der Waals surface area contributed by atoms with E-state index < -0.39 is 0 Å². The molecule has 0 bridgehead atoms. The van der Waals surface area contributed by atoms with E-state index >= 15 is 0 Å². The maximum absolute atomic E-state index is 9.25. The summed E-state index contributed by atoms with van der Waals surface area (Å²) in [5.74, 6) is 0. The predicted octanol–water partition coefficient (Wildman–Crippen LogP) is 2.66. The fraction of sp³-hybridized carbons (Fsp3) is 0.625. The Hall–Kier alpha value is -0.610. The maximum Gasteiger partial charge on any atom is 0.0524 e. The van der Waals surface area contributed by atoms with E-state index in [9.17, 15) is 5.11 Å². The molecule has 1 aliphatic rings. The second kappa shape index (κ2) is 7.99. The van der Waals surface area contributed by atoms with Crippen LogP contribution >= 0.6 is 11.6 Å². The van der Waals surface area contributed by atoms with Gasteiger partial charge in [0.15, 0.2) is 0 Å². The zero-order valence-electron chi connectivity index (χ0n) is 12.2. The number of piperidine rings is 1. The standard InChI is InChI=1S/C16H25ClN2O/c1-13(20)6-9-18-16-7-10-19(11-8-16)12-14-2-4-15(17)5-3-14/h2-5,13,16,18,20H,6-12H2,1H3. The van der Waals surface area contributed by atoms with E-state index in [0.29, 0.717) is 6.04 Å². The van der Waals surface area contributed by atoms with E-state index in [1.54, 1.807) is 0 Å². The molecule has 20 heavy (non-hydrogen) atoms. The van der Waals surface area contributed by atoms with Gasteiger partial charge in [0.05, 0.1) is 6.10 Å². The van der Waals surface area contributed by atoms with Crippen molar-refractivity contribution in [1.29, 1.82) is 0 Å². The number of rotatable bonds is 6. The van der Waals surface area contributed by atoms with Crippen LogP contribution < -0.4 is 5.32 Å². The number of halogens is 1. The summed E-state index contributed by atoms with van der Waals surface area (Å²) in [6.07, 6.45) is 3.01. The van der Waals surface area contributed by atoms with Gasteiger partial charge < -0.3 is 10.4 Å². The van der Waals surface area contributed by atoms with E-state index in [4.69, 9.17) is 11.6 Å². The average molecular weight is 297 g/mol. The van der Waals surface area contributed by atoms with E-state index in [-0.39, 0.29) is 6.10 Å². The number of hydrogen-bond acceptors (Lipinski definition) is 3. The van der Waals surface area contributed by atoms with Crippen LogP contribution in [0.3, 0.4) is 0 Å². The third kappa shape index (κ3) is 5.41. The van der Waals surface area contributed by atoms with Crippen molar-refractivity contribution < 1.29 is 5.11 Å². The molecule has 1 atom stereocenters. The zero-order chi connectivity index (χ0) is 14.4. The minimum Gasteiger partial charge on any atom is -0.393 e. The normalized spacial score (nSPS) is 19.1. The molecular formula is C16H25ClN2O. The summed E-state index contributed by atoms with van der Waals surface area (Å²) in [6.45, 7) is 6.04. The number of nitrogens with zero attached hydrogens (tertiary/aromatic N) is 1. The van der Waals surface area contributed by atoms with Crippen molar-refractivity contribution >= 4 is 11.6 Å². The Morgan fingerprint density at radius 3 is 2.55 bits per heavy atom. The van der Waals surface area contributed by atoms with Crippen molar-refractivity contribution in [2.75, 3.05) is 19.6 Å². The molecule has 0 saturated carbocycles. The van der Waals surface area contributed by atoms with E-state index in [1.807, 2.05) is 19.1 Å². The molecule has 0 aromatic heterocycles. The Bertz CT molecular complexity index is 386. The molecule has 2 N–H and O–H groups in total. The number of hydrogen-bond donors (Lipinski definition) is 2. The molecule has 1 saturated heterocycles. The summed E-state index contributed by atoms with van der Waals surface area (Å²) >= 11 is 5.90. The Kier molecular flexibility index (Phi) is 6.30. The minimum absolute atomic E-state index is 0.201. The molecule has 0 amide bonds. The molecule has 1 unspecified atom stereocenters. The van der Waals surface area contributed by atoms with Crippen LogP contribution in [0.5, 0.6) is 0 Å². The lowest BCUT2D eigenvalue weighted by atomic mass is 10.0. The molecule has 1 aromatic carbocycles. The molecule has 0 radical (unpaired) electrons. The third-order valence-electron chi connectivity index (χ3n) is 3.90. The van der Waals surface area contributed by atoms with Crippen LogP contribution in [-0.2, 0) is 6.54 Å². The molecule has 1 heterocycles. The first-order valence-corrected chi connectivity index (χ1v) is 7.89. The van der Waals surface area contributed by atoms with Gasteiger partial charge in [-0.2, -0.15) is 0 Å². The van der Waals surface area contributed by atoms with Gasteiger partial charge in [0.2, 0.25) is 0 Å². The Balaban J connectivity index is 1.67. The Labute approximate surface area is 126 Å². The number of likely N-dealkylation sites (tertiary alicyclic amines) is 1. The zero-order valence-corrected chi connectivity index (χ0v) is 12.9. The van der Waals surface area contributed by atoms with Crippen molar-refractivity contribution in [3.05, 3.63) is 34.9 Å². The molecule has 0 spiro atoms. The van der Waals surface area contributed by atoms with Gasteiger partial charge in [0, 0.05) is 17.6 Å². The second-order valence-electron chi connectivity index (χ2n) is 5.77. The number of aliphatic hydroxyl groups is 1. The van der Waals surface area contributed by atoms with Gasteiger partial charge in [0.25, 0.3) is 0 Å². The fourth-order valence-electron chi connectivity index (χ4n) is 2.64. The summed E-state index contributed by atoms with van der Waals surface area (Å²) in [5, 5.41) is 13.6. The van der Waals surface area contributed by atoms with Crippen molar-refractivity contribution in [2.24, 2.45) is 0 Å². The van der Waals surface area contributed by atoms with Crippen LogP contribution in [0.2, 0.25) is 5.02 Å². The summed E-state index contributed by atoms with van der Waals surface area (Å²) < 4.78 is 0. The highest BCUT2D eigenvalue weighted by molar-refractivity contribution is 6.30. The quantitative estimate of drug-likeness (QED) is 0.847. The third-order valence-corrected chi connectivity index (χ3v) is 4.15. The van der Waals surface area contributed by atoms with E-state index in [1.165, 1.54) is 18.4 Å². The number of benzene rings is 1. The highest BCUT2D eigenvalue weighted by Gasteiger charge is 2.18. The van der Waals surface area contributed by atoms with Crippen LogP contribution in [0.1, 0.15) is 31.7 Å². The van der Waals surface area contributed by atoms with E-state index in [0.717, 1.165) is 37.6 Å². The molecule has 0 aliphatic carbocycles. The molecule has 1 fully saturated rings. The van der Waals surface area contributed by atoms with Crippen LogP contribution in [0, 0.1) is 0 Å². The topological polar surface area (TPSA) is 35.5 Å². The summed E-state index contributed by atoms with van der Waals surface area (Å²) in [5.41, 5.74) is 1.33.